The molecule has 0 aliphatic carbocycles. The van der Waals surface area contributed by atoms with E-state index in [1.165, 1.54) is 11.8 Å². The number of imidazole rings is 1. The first-order valence-electron chi connectivity index (χ1n) is 10.6. The number of methoxy groups -OCH3 is 2. The van der Waals surface area contributed by atoms with Crippen molar-refractivity contribution < 1.29 is 19.1 Å². The molecule has 0 aliphatic rings. The number of anilines is 1. The quantitative estimate of drug-likeness (QED) is 0.324. The van der Waals surface area contributed by atoms with Gasteiger partial charge in [-0.25, -0.2) is 4.98 Å². The number of carbonyl (C=O) groups is 2. The number of carbonyl (C=O) groups excluding carboxylic acids is 2. The van der Waals surface area contributed by atoms with E-state index >= 15 is 0 Å². The molecule has 0 radical (unpaired) electrons. The highest BCUT2D eigenvalue weighted by atomic mass is 32.2. The first kappa shape index (κ1) is 24.2. The molecule has 1 heterocycles. The average molecular weight is 469 g/mol. The van der Waals surface area contributed by atoms with Crippen molar-refractivity contribution in [3.05, 3.63) is 60.4 Å². The molecule has 0 saturated carbocycles. The number of nitrogens with one attached hydrogen (secondary N) is 2. The van der Waals surface area contributed by atoms with E-state index in [4.69, 9.17) is 9.47 Å². The summed E-state index contributed by atoms with van der Waals surface area (Å²) in [6.45, 7) is 2.76. The first-order valence-corrected chi connectivity index (χ1v) is 11.6. The van der Waals surface area contributed by atoms with Gasteiger partial charge < -0.3 is 20.1 Å². The summed E-state index contributed by atoms with van der Waals surface area (Å²) in [5.74, 6) is 1.10. The monoisotopic (exact) mass is 468 g/mol. The van der Waals surface area contributed by atoms with Crippen LogP contribution in [0.3, 0.4) is 0 Å². The fraction of sp³-hybridized carbons (Fsp3) is 0.292. The summed E-state index contributed by atoms with van der Waals surface area (Å²) < 4.78 is 12.4. The van der Waals surface area contributed by atoms with Crippen molar-refractivity contribution in [3.8, 4) is 17.2 Å². The molecule has 3 aromatic rings. The second-order valence-electron chi connectivity index (χ2n) is 7.17. The van der Waals surface area contributed by atoms with Gasteiger partial charge in [-0.3, -0.25) is 14.2 Å². The van der Waals surface area contributed by atoms with Gasteiger partial charge in [0.2, 0.25) is 5.91 Å². The molecule has 3 rings (SSSR count). The molecule has 0 aliphatic heterocycles. The van der Waals surface area contributed by atoms with Crippen LogP contribution in [0.2, 0.25) is 0 Å². The number of thioether (sulfide) groups is 1. The van der Waals surface area contributed by atoms with Crippen molar-refractivity contribution in [1.29, 1.82) is 0 Å². The second kappa shape index (κ2) is 12.0. The molecule has 9 heteroatoms. The number of hydrogen-bond donors (Lipinski definition) is 2. The Morgan fingerprint density at radius 2 is 1.76 bits per heavy atom. The minimum Gasteiger partial charge on any atom is -0.497 e. The molecule has 0 spiro atoms. The van der Waals surface area contributed by atoms with E-state index in [0.717, 1.165) is 18.5 Å². The van der Waals surface area contributed by atoms with Crippen molar-refractivity contribution in [2.75, 3.05) is 31.8 Å². The van der Waals surface area contributed by atoms with Crippen LogP contribution in [0.1, 0.15) is 30.1 Å². The maximum atomic E-state index is 12.5. The third-order valence-corrected chi connectivity index (χ3v) is 5.76. The largest absolute Gasteiger partial charge is 0.497 e. The third kappa shape index (κ3) is 6.76. The van der Waals surface area contributed by atoms with Gasteiger partial charge in [0.15, 0.2) is 5.16 Å². The molecule has 174 valence electrons. The van der Waals surface area contributed by atoms with E-state index in [0.29, 0.717) is 34.5 Å². The number of nitrogens with zero attached hydrogens (tertiary/aromatic N) is 2. The highest BCUT2D eigenvalue weighted by molar-refractivity contribution is 7.99. The molecule has 0 unspecified atom stereocenters. The van der Waals surface area contributed by atoms with Crippen LogP contribution >= 0.6 is 11.8 Å². The number of rotatable bonds is 11. The summed E-state index contributed by atoms with van der Waals surface area (Å²) in [4.78, 5) is 29.0. The summed E-state index contributed by atoms with van der Waals surface area (Å²) >= 11 is 1.32. The predicted octanol–water partition coefficient (Wildman–Crippen LogP) is 4.15. The standard InChI is InChI=1S/C24H28N4O4S/c1-4-5-10-25-23(30)17-6-8-19(9-7-17)28-12-11-26-24(28)33-16-22(29)27-18-13-20(31-2)15-21(14-18)32-3/h6-9,11-15H,4-5,10,16H2,1-3H3,(H,25,30)(H,27,29). The lowest BCUT2D eigenvalue weighted by Crippen LogP contribution is -2.24. The number of unbranched alkanes of at least 4 members (excludes halogenated alkanes) is 1. The van der Waals surface area contributed by atoms with Crippen molar-refractivity contribution >= 4 is 29.3 Å². The Morgan fingerprint density at radius 3 is 2.39 bits per heavy atom. The van der Waals surface area contributed by atoms with Crippen LogP contribution in [0.5, 0.6) is 11.5 Å². The van der Waals surface area contributed by atoms with Gasteiger partial charge in [-0.05, 0) is 30.7 Å². The Morgan fingerprint density at radius 1 is 1.06 bits per heavy atom. The maximum absolute atomic E-state index is 12.5. The van der Waals surface area contributed by atoms with Crippen molar-refractivity contribution in [3.63, 3.8) is 0 Å². The number of benzene rings is 2. The van der Waals surface area contributed by atoms with E-state index in [2.05, 4.69) is 22.5 Å². The van der Waals surface area contributed by atoms with Crippen LogP contribution in [-0.4, -0.2) is 47.9 Å². The van der Waals surface area contributed by atoms with Crippen molar-refractivity contribution in [1.82, 2.24) is 14.9 Å². The van der Waals surface area contributed by atoms with Gasteiger partial charge in [0, 0.05) is 54.1 Å². The van der Waals surface area contributed by atoms with Gasteiger partial charge in [-0.15, -0.1) is 0 Å². The van der Waals surface area contributed by atoms with Gasteiger partial charge in [0.1, 0.15) is 11.5 Å². The predicted molar refractivity (Wildman–Crippen MR) is 130 cm³/mol. The molecule has 0 fully saturated rings. The van der Waals surface area contributed by atoms with Crippen LogP contribution in [-0.2, 0) is 4.79 Å². The Kier molecular flexibility index (Phi) is 8.77. The van der Waals surface area contributed by atoms with Crippen LogP contribution in [0, 0.1) is 0 Å². The zero-order valence-electron chi connectivity index (χ0n) is 19.0. The lowest BCUT2D eigenvalue weighted by molar-refractivity contribution is -0.113. The Balaban J connectivity index is 1.61. The molecule has 0 bridgehead atoms. The zero-order valence-corrected chi connectivity index (χ0v) is 19.8. The maximum Gasteiger partial charge on any atom is 0.251 e. The summed E-state index contributed by atoms with van der Waals surface area (Å²) in [5, 5.41) is 6.44. The van der Waals surface area contributed by atoms with Crippen LogP contribution in [0.25, 0.3) is 5.69 Å². The highest BCUT2D eigenvalue weighted by Crippen LogP contribution is 2.26. The molecular formula is C24H28N4O4S. The fourth-order valence-electron chi connectivity index (χ4n) is 3.05. The summed E-state index contributed by atoms with van der Waals surface area (Å²) in [5.41, 5.74) is 2.06. The summed E-state index contributed by atoms with van der Waals surface area (Å²) in [6, 6.07) is 12.5. The Bertz CT molecular complexity index is 1060. The zero-order chi connectivity index (χ0) is 23.6. The van der Waals surface area contributed by atoms with Gasteiger partial charge in [0.25, 0.3) is 5.91 Å². The van der Waals surface area contributed by atoms with Crippen LogP contribution in [0.15, 0.2) is 60.0 Å². The summed E-state index contributed by atoms with van der Waals surface area (Å²) in [7, 11) is 3.11. The van der Waals surface area contributed by atoms with Crippen molar-refractivity contribution in [2.45, 2.75) is 24.9 Å². The van der Waals surface area contributed by atoms with Gasteiger partial charge in [-0.2, -0.15) is 0 Å². The summed E-state index contributed by atoms with van der Waals surface area (Å²) in [6.07, 6.45) is 5.49. The van der Waals surface area contributed by atoms with Crippen LogP contribution in [0.4, 0.5) is 5.69 Å². The first-order chi connectivity index (χ1) is 16.0. The molecule has 0 saturated heterocycles. The number of ether oxygens (including phenoxy) is 2. The Labute approximate surface area is 197 Å². The molecule has 2 aromatic carbocycles. The number of hydrogen-bond acceptors (Lipinski definition) is 6. The minimum atomic E-state index is -0.177. The topological polar surface area (TPSA) is 94.5 Å². The number of amides is 2. The van der Waals surface area contributed by atoms with Crippen molar-refractivity contribution in [2.24, 2.45) is 0 Å². The second-order valence-corrected chi connectivity index (χ2v) is 8.12. The van der Waals surface area contributed by atoms with E-state index < -0.39 is 0 Å². The normalized spacial score (nSPS) is 10.5. The third-order valence-electron chi connectivity index (χ3n) is 4.80. The smallest absolute Gasteiger partial charge is 0.251 e. The number of aromatic nitrogens is 2. The SMILES string of the molecule is CCCCNC(=O)c1ccc(-n2ccnc2SCC(=O)Nc2cc(OC)cc(OC)c2)cc1. The molecule has 0 atom stereocenters. The lowest BCUT2D eigenvalue weighted by Gasteiger charge is -2.11. The van der Waals surface area contributed by atoms with Gasteiger partial charge in [0.05, 0.1) is 20.0 Å². The fourth-order valence-corrected chi connectivity index (χ4v) is 3.83. The molecule has 2 N–H and O–H groups in total. The average Bonchev–Trinajstić information content (AvgIpc) is 3.31. The molecule has 33 heavy (non-hydrogen) atoms. The minimum absolute atomic E-state index is 0.0823. The molecule has 1 aromatic heterocycles. The Hall–Kier alpha value is -3.46. The van der Waals surface area contributed by atoms with Crippen LogP contribution < -0.4 is 20.1 Å². The lowest BCUT2D eigenvalue weighted by atomic mass is 10.2. The molecular weight excluding hydrogens is 440 g/mol. The van der Waals surface area contributed by atoms with E-state index in [1.807, 2.05) is 22.9 Å². The molecule has 8 nitrogen and oxygen atoms in total. The highest BCUT2D eigenvalue weighted by Gasteiger charge is 2.12. The van der Waals surface area contributed by atoms with E-state index in [-0.39, 0.29) is 17.6 Å². The molecule has 2 amide bonds. The van der Waals surface area contributed by atoms with Gasteiger partial charge >= 0.3 is 0 Å². The van der Waals surface area contributed by atoms with E-state index in [1.54, 1.807) is 50.7 Å². The van der Waals surface area contributed by atoms with E-state index in [9.17, 15) is 9.59 Å². The van der Waals surface area contributed by atoms with Gasteiger partial charge in [-0.1, -0.05) is 25.1 Å².